The smallest absolute Gasteiger partial charge is 0.321 e. The Morgan fingerprint density at radius 1 is 1.00 bits per heavy atom. The van der Waals surface area contributed by atoms with Crippen molar-refractivity contribution in [3.05, 3.63) is 72.2 Å². The van der Waals surface area contributed by atoms with Crippen molar-refractivity contribution in [2.24, 2.45) is 0 Å². The number of benzene rings is 2. The molecule has 2 amide bonds. The average molecular weight is 378 g/mol. The van der Waals surface area contributed by atoms with Gasteiger partial charge in [0.15, 0.2) is 0 Å². The van der Waals surface area contributed by atoms with Gasteiger partial charge < -0.3 is 10.2 Å². The van der Waals surface area contributed by atoms with Crippen LogP contribution in [0.15, 0.2) is 60.8 Å². The molecule has 6 heteroatoms. The number of pyridine rings is 1. The van der Waals surface area contributed by atoms with Crippen LogP contribution in [0.5, 0.6) is 0 Å². The number of fused-ring (bicyclic) bond motifs is 1. The lowest BCUT2D eigenvalue weighted by molar-refractivity contribution is 0.148. The number of carbonyl (C=O) groups is 1. The monoisotopic (exact) mass is 378 g/mol. The Kier molecular flexibility index (Phi) is 5.48. The van der Waals surface area contributed by atoms with Gasteiger partial charge in [0.2, 0.25) is 0 Å². The Hall–Kier alpha value is -2.99. The summed E-state index contributed by atoms with van der Waals surface area (Å²) in [7, 11) is 0. The Morgan fingerprint density at radius 3 is 2.61 bits per heavy atom. The lowest BCUT2D eigenvalue weighted by atomic mass is 10.1. The van der Waals surface area contributed by atoms with Gasteiger partial charge in [0, 0.05) is 44.3 Å². The molecule has 0 atom stereocenters. The summed E-state index contributed by atoms with van der Waals surface area (Å²) in [6, 6.07) is 16.4. The molecular weight excluding hydrogens is 355 g/mol. The summed E-state index contributed by atoms with van der Waals surface area (Å²) in [6.07, 6.45) is 2.41. The number of halogens is 1. The molecule has 0 spiro atoms. The standard InChI is InChI=1S/C22H23FN4O/c23-19-8-2-1-5-17(19)10-12-26-13-15-27(16-14-26)22(28)25-20-9-3-6-18-7-4-11-24-21(18)20/h1-9,11H,10,12-16H2,(H,25,28). The molecule has 1 fully saturated rings. The third kappa shape index (κ3) is 4.12. The van der Waals surface area contributed by atoms with Gasteiger partial charge in [-0.1, -0.05) is 36.4 Å². The lowest BCUT2D eigenvalue weighted by Gasteiger charge is -2.34. The first kappa shape index (κ1) is 18.4. The number of aromatic nitrogens is 1. The molecular formula is C22H23FN4O. The molecule has 28 heavy (non-hydrogen) atoms. The van der Waals surface area contributed by atoms with Crippen LogP contribution in [0.2, 0.25) is 0 Å². The number of carbonyl (C=O) groups excluding carboxylic acids is 1. The summed E-state index contributed by atoms with van der Waals surface area (Å²) in [5.41, 5.74) is 2.26. The molecule has 5 nitrogen and oxygen atoms in total. The first-order chi connectivity index (χ1) is 13.7. The van der Waals surface area contributed by atoms with E-state index in [1.165, 1.54) is 6.07 Å². The van der Waals surface area contributed by atoms with E-state index in [-0.39, 0.29) is 11.8 Å². The van der Waals surface area contributed by atoms with Crippen LogP contribution in [0.25, 0.3) is 10.9 Å². The van der Waals surface area contributed by atoms with Crippen molar-refractivity contribution < 1.29 is 9.18 Å². The highest BCUT2D eigenvalue weighted by atomic mass is 19.1. The van der Waals surface area contributed by atoms with Crippen molar-refractivity contribution in [3.63, 3.8) is 0 Å². The first-order valence-corrected chi connectivity index (χ1v) is 9.56. The van der Waals surface area contributed by atoms with Crippen molar-refractivity contribution in [3.8, 4) is 0 Å². The number of nitrogens with one attached hydrogen (secondary N) is 1. The predicted molar refractivity (Wildman–Crippen MR) is 109 cm³/mol. The third-order valence-electron chi connectivity index (χ3n) is 5.19. The fourth-order valence-electron chi connectivity index (χ4n) is 3.55. The Bertz CT molecular complexity index is 964. The number of hydrogen-bond donors (Lipinski definition) is 1. The maximum Gasteiger partial charge on any atom is 0.321 e. The van der Waals surface area contributed by atoms with Gasteiger partial charge in [-0.3, -0.25) is 9.88 Å². The SMILES string of the molecule is O=C(Nc1cccc2cccnc12)N1CCN(CCc2ccccc2F)CC1. The molecule has 0 bridgehead atoms. The van der Waals surface area contributed by atoms with Crippen LogP contribution in [0.3, 0.4) is 0 Å². The molecule has 0 aliphatic carbocycles. The molecule has 1 N–H and O–H groups in total. The normalized spacial score (nSPS) is 15.0. The summed E-state index contributed by atoms with van der Waals surface area (Å²) < 4.78 is 13.7. The fourth-order valence-corrected chi connectivity index (χ4v) is 3.55. The third-order valence-corrected chi connectivity index (χ3v) is 5.19. The fraction of sp³-hybridized carbons (Fsp3) is 0.273. The van der Waals surface area contributed by atoms with Gasteiger partial charge in [0.25, 0.3) is 0 Å². The largest absolute Gasteiger partial charge is 0.322 e. The van der Waals surface area contributed by atoms with Crippen LogP contribution in [0.4, 0.5) is 14.9 Å². The van der Waals surface area contributed by atoms with Gasteiger partial charge in [-0.25, -0.2) is 9.18 Å². The Labute approximate surface area is 163 Å². The number of nitrogens with zero attached hydrogens (tertiary/aromatic N) is 3. The molecule has 144 valence electrons. The number of para-hydroxylation sites is 1. The van der Waals surface area contributed by atoms with E-state index in [1.807, 2.05) is 47.4 Å². The van der Waals surface area contributed by atoms with Gasteiger partial charge >= 0.3 is 6.03 Å². The number of hydrogen-bond acceptors (Lipinski definition) is 3. The summed E-state index contributed by atoms with van der Waals surface area (Å²) >= 11 is 0. The number of anilines is 1. The summed E-state index contributed by atoms with van der Waals surface area (Å²) in [5.74, 6) is -0.149. The first-order valence-electron chi connectivity index (χ1n) is 9.56. The van der Waals surface area contributed by atoms with Crippen LogP contribution >= 0.6 is 0 Å². The highest BCUT2D eigenvalue weighted by molar-refractivity contribution is 5.99. The molecule has 1 aromatic heterocycles. The maximum absolute atomic E-state index is 13.7. The van der Waals surface area contributed by atoms with Crippen LogP contribution in [-0.2, 0) is 6.42 Å². The van der Waals surface area contributed by atoms with E-state index >= 15 is 0 Å². The van der Waals surface area contributed by atoms with Crippen LogP contribution in [-0.4, -0.2) is 53.5 Å². The van der Waals surface area contributed by atoms with Gasteiger partial charge in [-0.15, -0.1) is 0 Å². The van der Waals surface area contributed by atoms with Crippen LogP contribution in [0, 0.1) is 5.82 Å². The highest BCUT2D eigenvalue weighted by Crippen LogP contribution is 2.21. The van der Waals surface area contributed by atoms with E-state index in [2.05, 4.69) is 15.2 Å². The number of rotatable bonds is 4. The van der Waals surface area contributed by atoms with Gasteiger partial charge in [-0.05, 0) is 30.2 Å². The quantitative estimate of drug-likeness (QED) is 0.752. The Morgan fingerprint density at radius 2 is 1.79 bits per heavy atom. The molecule has 0 radical (unpaired) electrons. The van der Waals surface area contributed by atoms with E-state index in [4.69, 9.17) is 0 Å². The average Bonchev–Trinajstić information content (AvgIpc) is 2.74. The molecule has 1 saturated heterocycles. The number of amides is 2. The summed E-state index contributed by atoms with van der Waals surface area (Å²) in [4.78, 5) is 21.1. The molecule has 0 unspecified atom stereocenters. The van der Waals surface area contributed by atoms with E-state index in [0.717, 1.165) is 41.8 Å². The molecule has 1 aliphatic rings. The minimum absolute atomic E-state index is 0.105. The minimum atomic E-state index is -0.149. The minimum Gasteiger partial charge on any atom is -0.322 e. The van der Waals surface area contributed by atoms with E-state index in [9.17, 15) is 9.18 Å². The predicted octanol–water partition coefficient (Wildman–Crippen LogP) is 3.77. The topological polar surface area (TPSA) is 48.5 Å². The van der Waals surface area contributed by atoms with Gasteiger partial charge in [0.1, 0.15) is 5.82 Å². The number of piperazine rings is 1. The number of urea groups is 1. The second-order valence-corrected chi connectivity index (χ2v) is 6.98. The molecule has 1 aliphatic heterocycles. The molecule has 2 heterocycles. The molecule has 0 saturated carbocycles. The van der Waals surface area contributed by atoms with Crippen molar-refractivity contribution in [1.82, 2.24) is 14.8 Å². The van der Waals surface area contributed by atoms with Gasteiger partial charge in [-0.2, -0.15) is 0 Å². The zero-order chi connectivity index (χ0) is 19.3. The van der Waals surface area contributed by atoms with E-state index in [1.54, 1.807) is 12.3 Å². The second kappa shape index (κ2) is 8.35. The highest BCUT2D eigenvalue weighted by Gasteiger charge is 2.21. The summed E-state index contributed by atoms with van der Waals surface area (Å²) in [6.45, 7) is 3.68. The van der Waals surface area contributed by atoms with Crippen LogP contribution in [0.1, 0.15) is 5.56 Å². The maximum atomic E-state index is 13.7. The van der Waals surface area contributed by atoms with Crippen molar-refractivity contribution in [2.75, 3.05) is 38.0 Å². The molecule has 4 rings (SSSR count). The van der Waals surface area contributed by atoms with Crippen molar-refractivity contribution in [1.29, 1.82) is 0 Å². The summed E-state index contributed by atoms with van der Waals surface area (Å²) in [5, 5.41) is 3.99. The molecule has 3 aromatic rings. The molecule has 2 aromatic carbocycles. The Balaban J connectivity index is 1.31. The second-order valence-electron chi connectivity index (χ2n) is 6.98. The zero-order valence-corrected chi connectivity index (χ0v) is 15.6. The van der Waals surface area contributed by atoms with Crippen molar-refractivity contribution in [2.45, 2.75) is 6.42 Å². The lowest BCUT2D eigenvalue weighted by Crippen LogP contribution is -2.50. The van der Waals surface area contributed by atoms with Crippen molar-refractivity contribution >= 4 is 22.6 Å². The van der Waals surface area contributed by atoms with E-state index in [0.29, 0.717) is 19.5 Å². The zero-order valence-electron chi connectivity index (χ0n) is 15.6. The van der Waals surface area contributed by atoms with Crippen LogP contribution < -0.4 is 5.32 Å². The van der Waals surface area contributed by atoms with E-state index < -0.39 is 0 Å². The van der Waals surface area contributed by atoms with Gasteiger partial charge in [0.05, 0.1) is 11.2 Å².